The van der Waals surface area contributed by atoms with Gasteiger partial charge in [0.15, 0.2) is 11.4 Å². The highest BCUT2D eigenvalue weighted by Gasteiger charge is 2.36. The minimum absolute atomic E-state index is 0.0278. The van der Waals surface area contributed by atoms with Gasteiger partial charge in [-0.15, -0.1) is 0 Å². The minimum Gasteiger partial charge on any atom is -0.383 e. The number of methoxy groups -OCH3 is 1. The van der Waals surface area contributed by atoms with Crippen molar-refractivity contribution in [3.05, 3.63) is 65.4 Å². The van der Waals surface area contributed by atoms with E-state index in [1.165, 1.54) is 10.9 Å². The van der Waals surface area contributed by atoms with Crippen molar-refractivity contribution in [2.24, 2.45) is 0 Å². The van der Waals surface area contributed by atoms with E-state index in [2.05, 4.69) is 15.1 Å². The molecular formula is C24H24F3N5O2S. The Morgan fingerprint density at radius 3 is 2.54 bits per heavy atom. The number of alkyl halides is 3. The van der Waals surface area contributed by atoms with E-state index in [1.54, 1.807) is 43.5 Å². The molecule has 184 valence electrons. The quantitative estimate of drug-likeness (QED) is 0.181. The fraction of sp³-hybridized carbons (Fsp3) is 0.333. The van der Waals surface area contributed by atoms with Crippen LogP contribution in [0.3, 0.4) is 0 Å². The second kappa shape index (κ2) is 9.82. The van der Waals surface area contributed by atoms with E-state index >= 15 is 0 Å². The number of benzene rings is 1. The molecule has 35 heavy (non-hydrogen) atoms. The third-order valence-corrected chi connectivity index (χ3v) is 6.61. The lowest BCUT2D eigenvalue weighted by Crippen LogP contribution is -2.15. The Hall–Kier alpha value is -3.18. The van der Waals surface area contributed by atoms with Crippen LogP contribution in [0.1, 0.15) is 40.5 Å². The number of hydrogen-bond acceptors (Lipinski definition) is 6. The molecule has 4 rings (SSSR count). The smallest absolute Gasteiger partial charge is 0.383 e. The molecule has 0 saturated carbocycles. The van der Waals surface area contributed by atoms with Gasteiger partial charge in [0.1, 0.15) is 5.03 Å². The molecule has 1 aromatic carbocycles. The van der Waals surface area contributed by atoms with Crippen LogP contribution in [0.15, 0.2) is 47.6 Å². The molecule has 0 N–H and O–H groups in total. The number of ether oxygens (including phenoxy) is 1. The zero-order valence-corrected chi connectivity index (χ0v) is 20.4. The summed E-state index contributed by atoms with van der Waals surface area (Å²) < 4.78 is 49.4. The Bertz CT molecular complexity index is 1370. The molecule has 0 spiro atoms. The van der Waals surface area contributed by atoms with E-state index in [0.717, 1.165) is 23.1 Å². The van der Waals surface area contributed by atoms with Gasteiger partial charge in [0.25, 0.3) is 0 Å². The lowest BCUT2D eigenvalue weighted by atomic mass is 10.2. The topological polar surface area (TPSA) is 74.8 Å². The number of para-hydroxylation sites is 1. The van der Waals surface area contributed by atoms with Gasteiger partial charge in [0.2, 0.25) is 5.82 Å². The van der Waals surface area contributed by atoms with Crippen molar-refractivity contribution in [1.29, 1.82) is 0 Å². The van der Waals surface area contributed by atoms with E-state index in [-0.39, 0.29) is 28.3 Å². The molecule has 1 atom stereocenters. The molecule has 0 aliphatic heterocycles. The molecule has 4 aromatic rings. The molecule has 0 amide bonds. The largest absolute Gasteiger partial charge is 0.451 e. The third kappa shape index (κ3) is 4.96. The minimum atomic E-state index is -4.75. The number of aromatic nitrogens is 5. The van der Waals surface area contributed by atoms with Crippen molar-refractivity contribution in [3.63, 3.8) is 0 Å². The first-order chi connectivity index (χ1) is 16.6. The van der Waals surface area contributed by atoms with Gasteiger partial charge in [-0.3, -0.25) is 4.79 Å². The average Bonchev–Trinajstić information content (AvgIpc) is 3.38. The number of rotatable bonds is 8. The summed E-state index contributed by atoms with van der Waals surface area (Å²) in [5.41, 5.74) is 2.82. The van der Waals surface area contributed by atoms with Gasteiger partial charge in [0, 0.05) is 24.1 Å². The standard InChI is InChI=1S/C24H24F3N5O2S/c1-14-10-18(16(3)31(14)15(2)12-34-4)20(33)13-35-22-19-11-28-32(17-8-6-5-7-9-17)21(19)29-23(30-22)24(25,26)27/h5-11,15H,12-13H2,1-4H3/t15-/m1/s1. The van der Waals surface area contributed by atoms with Crippen molar-refractivity contribution < 1.29 is 22.7 Å². The van der Waals surface area contributed by atoms with Crippen LogP contribution in [0.4, 0.5) is 13.2 Å². The molecule has 0 aliphatic carbocycles. The monoisotopic (exact) mass is 503 g/mol. The second-order valence-electron chi connectivity index (χ2n) is 8.15. The Morgan fingerprint density at radius 2 is 1.89 bits per heavy atom. The molecule has 3 heterocycles. The van der Waals surface area contributed by atoms with E-state index in [1.807, 2.05) is 25.3 Å². The summed E-state index contributed by atoms with van der Waals surface area (Å²) in [5.74, 6) is -1.55. The Kier molecular flexibility index (Phi) is 7.00. The van der Waals surface area contributed by atoms with Crippen LogP contribution in [0.5, 0.6) is 0 Å². The summed E-state index contributed by atoms with van der Waals surface area (Å²) in [7, 11) is 1.62. The maximum Gasteiger partial charge on any atom is 0.451 e. The molecule has 0 fully saturated rings. The van der Waals surface area contributed by atoms with Crippen molar-refractivity contribution in [1.82, 2.24) is 24.3 Å². The van der Waals surface area contributed by atoms with Gasteiger partial charge >= 0.3 is 6.18 Å². The molecule has 0 saturated heterocycles. The first kappa shape index (κ1) is 24.9. The van der Waals surface area contributed by atoms with Gasteiger partial charge in [-0.2, -0.15) is 18.3 Å². The Labute approximate surface area is 204 Å². The van der Waals surface area contributed by atoms with Crippen LogP contribution in [-0.2, 0) is 10.9 Å². The SMILES string of the molecule is COC[C@@H](C)n1c(C)cc(C(=O)CSc2nc(C(F)(F)F)nc3c2cnn3-c2ccccc2)c1C. The first-order valence-corrected chi connectivity index (χ1v) is 11.8. The predicted octanol–water partition coefficient (Wildman–Crippen LogP) is 5.44. The molecule has 0 aliphatic rings. The van der Waals surface area contributed by atoms with Gasteiger partial charge in [-0.25, -0.2) is 14.6 Å². The van der Waals surface area contributed by atoms with Gasteiger partial charge in [-0.1, -0.05) is 30.0 Å². The summed E-state index contributed by atoms with van der Waals surface area (Å²) in [6, 6.07) is 10.6. The van der Waals surface area contributed by atoms with Crippen LogP contribution in [-0.4, -0.2) is 49.6 Å². The zero-order valence-electron chi connectivity index (χ0n) is 19.6. The number of hydrogen-bond donors (Lipinski definition) is 0. The molecule has 0 radical (unpaired) electrons. The van der Waals surface area contributed by atoms with Crippen LogP contribution >= 0.6 is 11.8 Å². The number of aryl methyl sites for hydroxylation is 1. The third-order valence-electron chi connectivity index (χ3n) is 5.62. The van der Waals surface area contributed by atoms with Gasteiger partial charge < -0.3 is 9.30 Å². The van der Waals surface area contributed by atoms with Crippen molar-refractivity contribution in [2.75, 3.05) is 19.5 Å². The van der Waals surface area contributed by atoms with E-state index in [0.29, 0.717) is 23.2 Å². The van der Waals surface area contributed by atoms with Gasteiger partial charge in [-0.05, 0) is 39.0 Å². The van der Waals surface area contributed by atoms with Crippen LogP contribution in [0.25, 0.3) is 16.7 Å². The summed E-state index contributed by atoms with van der Waals surface area (Å²) >= 11 is 0.946. The number of nitrogens with zero attached hydrogens (tertiary/aromatic N) is 5. The highest BCUT2D eigenvalue weighted by molar-refractivity contribution is 8.00. The molecular weight excluding hydrogens is 479 g/mol. The van der Waals surface area contributed by atoms with Crippen LogP contribution in [0, 0.1) is 13.8 Å². The number of halogens is 3. The van der Waals surface area contributed by atoms with E-state index < -0.39 is 12.0 Å². The Balaban J connectivity index is 1.68. The highest BCUT2D eigenvalue weighted by Crippen LogP contribution is 2.33. The Morgan fingerprint density at radius 1 is 1.17 bits per heavy atom. The lowest BCUT2D eigenvalue weighted by molar-refractivity contribution is -0.145. The highest BCUT2D eigenvalue weighted by atomic mass is 32.2. The lowest BCUT2D eigenvalue weighted by Gasteiger charge is -2.17. The van der Waals surface area contributed by atoms with Crippen molar-refractivity contribution in [3.8, 4) is 5.69 Å². The normalized spacial score (nSPS) is 12.9. The number of carbonyl (C=O) groups excluding carboxylic acids is 1. The maximum absolute atomic E-state index is 13.6. The fourth-order valence-corrected chi connectivity index (χ4v) is 5.02. The van der Waals surface area contributed by atoms with Crippen LogP contribution < -0.4 is 0 Å². The van der Waals surface area contributed by atoms with Crippen molar-refractivity contribution in [2.45, 2.75) is 38.0 Å². The van der Waals surface area contributed by atoms with Crippen LogP contribution in [0.2, 0.25) is 0 Å². The number of ketones is 1. The van der Waals surface area contributed by atoms with Crippen molar-refractivity contribution >= 4 is 28.6 Å². The summed E-state index contributed by atoms with van der Waals surface area (Å²) in [5, 5.41) is 4.64. The predicted molar refractivity (Wildman–Crippen MR) is 127 cm³/mol. The number of fused-ring (bicyclic) bond motifs is 1. The molecule has 0 bridgehead atoms. The molecule has 7 nitrogen and oxygen atoms in total. The number of thioether (sulfide) groups is 1. The first-order valence-electron chi connectivity index (χ1n) is 10.8. The van der Waals surface area contributed by atoms with Gasteiger partial charge in [0.05, 0.1) is 35.7 Å². The van der Waals surface area contributed by atoms with E-state index in [9.17, 15) is 18.0 Å². The van der Waals surface area contributed by atoms with E-state index in [4.69, 9.17) is 4.74 Å². The second-order valence-corrected chi connectivity index (χ2v) is 9.11. The molecule has 0 unspecified atom stereocenters. The number of Topliss-reactive ketones (excluding diaryl/α,β-unsaturated/α-hetero) is 1. The maximum atomic E-state index is 13.6. The molecule has 11 heteroatoms. The fourth-order valence-electron chi connectivity index (χ4n) is 4.14. The average molecular weight is 504 g/mol. The summed E-state index contributed by atoms with van der Waals surface area (Å²) in [6.45, 7) is 6.24. The molecule has 3 aromatic heterocycles. The number of carbonyl (C=O) groups is 1. The zero-order chi connectivity index (χ0) is 25.3. The summed E-state index contributed by atoms with van der Waals surface area (Å²) in [4.78, 5) is 20.6. The summed E-state index contributed by atoms with van der Waals surface area (Å²) in [6.07, 6.45) is -3.32.